The molecule has 0 atom stereocenters. The van der Waals surface area contributed by atoms with Gasteiger partial charge in [0.2, 0.25) is 0 Å². The summed E-state index contributed by atoms with van der Waals surface area (Å²) in [5, 5.41) is 0. The lowest BCUT2D eigenvalue weighted by molar-refractivity contribution is -0.142. The summed E-state index contributed by atoms with van der Waals surface area (Å²) < 4.78 is 17.1. The van der Waals surface area contributed by atoms with Crippen molar-refractivity contribution >= 4 is 11.9 Å². The van der Waals surface area contributed by atoms with E-state index in [1.54, 1.807) is 6.92 Å². The number of aromatic nitrogens is 1. The van der Waals surface area contributed by atoms with Crippen LogP contribution in [0.25, 0.3) is 0 Å². The van der Waals surface area contributed by atoms with E-state index in [2.05, 4.69) is 20.6 Å². The number of carbonyl (C=O) groups is 2. The van der Waals surface area contributed by atoms with Gasteiger partial charge in [0.1, 0.15) is 18.1 Å². The van der Waals surface area contributed by atoms with Crippen molar-refractivity contribution in [1.82, 2.24) is 15.8 Å². The Kier molecular flexibility index (Phi) is 5.02. The topological polar surface area (TPSA) is 80.3 Å². The molecule has 1 amide bonds. The van der Waals surface area contributed by atoms with Gasteiger partial charge in [-0.05, 0) is 19.1 Å². The first kappa shape index (κ1) is 13.0. The van der Waals surface area contributed by atoms with Gasteiger partial charge < -0.3 is 4.74 Å². The van der Waals surface area contributed by atoms with E-state index in [1.165, 1.54) is 6.07 Å². The van der Waals surface area contributed by atoms with Gasteiger partial charge in [0.05, 0.1) is 12.8 Å². The summed E-state index contributed by atoms with van der Waals surface area (Å²) in [5.41, 5.74) is 4.65. The van der Waals surface area contributed by atoms with E-state index in [-0.39, 0.29) is 18.8 Å². The van der Waals surface area contributed by atoms with Crippen LogP contribution >= 0.6 is 0 Å². The van der Waals surface area contributed by atoms with E-state index >= 15 is 0 Å². The lowest BCUT2D eigenvalue weighted by atomic mass is 10.3. The first-order valence-electron chi connectivity index (χ1n) is 4.94. The Morgan fingerprint density at radius 3 is 2.82 bits per heavy atom. The third kappa shape index (κ3) is 4.56. The van der Waals surface area contributed by atoms with Crippen LogP contribution in [-0.4, -0.2) is 30.0 Å². The van der Waals surface area contributed by atoms with Crippen LogP contribution in [-0.2, 0) is 9.53 Å². The number of hydrogen-bond donors (Lipinski definition) is 2. The molecule has 0 spiro atoms. The quantitative estimate of drug-likeness (QED) is 0.561. The molecule has 0 aromatic carbocycles. The summed E-state index contributed by atoms with van der Waals surface area (Å²) in [6.45, 7) is 1.80. The Labute approximate surface area is 97.1 Å². The number of pyridine rings is 1. The van der Waals surface area contributed by atoms with E-state index in [0.717, 1.165) is 12.3 Å². The highest BCUT2D eigenvalue weighted by atomic mass is 19.1. The number of ether oxygens (including phenoxy) is 1. The van der Waals surface area contributed by atoms with E-state index < -0.39 is 17.7 Å². The molecule has 7 heteroatoms. The summed E-state index contributed by atoms with van der Waals surface area (Å²) in [5.74, 6) is -1.57. The van der Waals surface area contributed by atoms with Crippen LogP contribution in [0.2, 0.25) is 0 Å². The summed E-state index contributed by atoms with van der Waals surface area (Å²) in [6.07, 6.45) is 0.931. The molecule has 0 bridgehead atoms. The predicted molar refractivity (Wildman–Crippen MR) is 56.3 cm³/mol. The van der Waals surface area contributed by atoms with Gasteiger partial charge in [-0.2, -0.15) is 0 Å². The number of nitrogens with one attached hydrogen (secondary N) is 2. The average molecular weight is 241 g/mol. The molecule has 1 aromatic heterocycles. The lowest BCUT2D eigenvalue weighted by Gasteiger charge is -2.06. The maximum absolute atomic E-state index is 12.5. The zero-order valence-corrected chi connectivity index (χ0v) is 9.20. The van der Waals surface area contributed by atoms with Gasteiger partial charge in [-0.15, -0.1) is 0 Å². The van der Waals surface area contributed by atoms with Crippen LogP contribution in [0.1, 0.15) is 17.4 Å². The highest BCUT2D eigenvalue weighted by molar-refractivity contribution is 5.91. The maximum Gasteiger partial charge on any atom is 0.321 e. The second kappa shape index (κ2) is 6.54. The number of halogens is 1. The van der Waals surface area contributed by atoms with Crippen molar-refractivity contribution in [2.75, 3.05) is 13.2 Å². The number of esters is 1. The molecule has 0 unspecified atom stereocenters. The van der Waals surface area contributed by atoms with Gasteiger partial charge in [0.15, 0.2) is 0 Å². The molecular weight excluding hydrogens is 229 g/mol. The first-order chi connectivity index (χ1) is 8.13. The molecule has 0 saturated carbocycles. The molecule has 6 nitrogen and oxygen atoms in total. The molecule has 0 aliphatic heterocycles. The highest BCUT2D eigenvalue weighted by Crippen LogP contribution is 1.97. The Balaban J connectivity index is 2.35. The van der Waals surface area contributed by atoms with Crippen LogP contribution in [0.15, 0.2) is 18.3 Å². The van der Waals surface area contributed by atoms with E-state index in [9.17, 15) is 14.0 Å². The van der Waals surface area contributed by atoms with Crippen LogP contribution in [0, 0.1) is 5.82 Å². The third-order valence-corrected chi connectivity index (χ3v) is 1.70. The van der Waals surface area contributed by atoms with Crippen LogP contribution in [0.4, 0.5) is 4.39 Å². The molecule has 0 saturated heterocycles. The molecule has 0 radical (unpaired) electrons. The van der Waals surface area contributed by atoms with Crippen molar-refractivity contribution < 1.29 is 18.7 Å². The summed E-state index contributed by atoms with van der Waals surface area (Å²) in [4.78, 5) is 25.9. The van der Waals surface area contributed by atoms with Crippen LogP contribution < -0.4 is 10.9 Å². The van der Waals surface area contributed by atoms with Gasteiger partial charge in [-0.1, -0.05) is 0 Å². The van der Waals surface area contributed by atoms with Crippen LogP contribution in [0.3, 0.4) is 0 Å². The normalized spacial score (nSPS) is 9.76. The van der Waals surface area contributed by atoms with E-state index in [4.69, 9.17) is 0 Å². The van der Waals surface area contributed by atoms with Gasteiger partial charge in [0, 0.05) is 0 Å². The molecule has 17 heavy (non-hydrogen) atoms. The van der Waals surface area contributed by atoms with Crippen molar-refractivity contribution in [2.24, 2.45) is 0 Å². The van der Waals surface area contributed by atoms with Gasteiger partial charge in [0.25, 0.3) is 5.91 Å². The summed E-state index contributed by atoms with van der Waals surface area (Å²) in [7, 11) is 0. The first-order valence-corrected chi connectivity index (χ1v) is 4.94. The number of hydrogen-bond acceptors (Lipinski definition) is 5. The zero-order valence-electron chi connectivity index (χ0n) is 9.20. The minimum absolute atomic E-state index is 0.0442. The zero-order chi connectivity index (χ0) is 12.7. The van der Waals surface area contributed by atoms with Crippen molar-refractivity contribution in [3.05, 3.63) is 29.8 Å². The van der Waals surface area contributed by atoms with Gasteiger partial charge >= 0.3 is 5.97 Å². The fourth-order valence-electron chi connectivity index (χ4n) is 0.983. The van der Waals surface area contributed by atoms with E-state index in [1.807, 2.05) is 0 Å². The molecule has 0 aliphatic carbocycles. The molecule has 1 rings (SSSR count). The summed E-state index contributed by atoms with van der Waals surface area (Å²) >= 11 is 0. The smallest absolute Gasteiger partial charge is 0.321 e. The fraction of sp³-hybridized carbons (Fsp3) is 0.300. The number of amides is 1. The van der Waals surface area contributed by atoms with E-state index in [0.29, 0.717) is 0 Å². The number of nitrogens with zero attached hydrogens (tertiary/aromatic N) is 1. The minimum atomic E-state index is -0.561. The molecule has 1 aromatic rings. The second-order valence-electron chi connectivity index (χ2n) is 2.97. The number of hydrazine groups is 1. The highest BCUT2D eigenvalue weighted by Gasteiger charge is 2.07. The Hall–Kier alpha value is -2.02. The van der Waals surface area contributed by atoms with Gasteiger partial charge in [-0.3, -0.25) is 15.0 Å². The van der Waals surface area contributed by atoms with Crippen LogP contribution in [0.5, 0.6) is 0 Å². The number of rotatable bonds is 5. The van der Waals surface area contributed by atoms with Crippen molar-refractivity contribution in [3.63, 3.8) is 0 Å². The second-order valence-corrected chi connectivity index (χ2v) is 2.97. The summed E-state index contributed by atoms with van der Waals surface area (Å²) in [6, 6.07) is 2.35. The van der Waals surface area contributed by atoms with Crippen molar-refractivity contribution in [2.45, 2.75) is 6.92 Å². The molecule has 0 fully saturated rings. The lowest BCUT2D eigenvalue weighted by Crippen LogP contribution is -2.41. The van der Waals surface area contributed by atoms with Crippen molar-refractivity contribution in [1.29, 1.82) is 0 Å². The molecule has 1 heterocycles. The number of carbonyl (C=O) groups excluding carboxylic acids is 2. The van der Waals surface area contributed by atoms with Gasteiger partial charge in [-0.25, -0.2) is 14.8 Å². The predicted octanol–water partition coefficient (Wildman–Crippen LogP) is 0.0182. The average Bonchev–Trinajstić information content (AvgIpc) is 2.30. The van der Waals surface area contributed by atoms with Crippen molar-refractivity contribution in [3.8, 4) is 0 Å². The molecular formula is C10H12FN3O3. The Bertz CT molecular complexity index is 394. The standard InChI is InChI=1S/C10H12FN3O3/c1-2-17-9(15)6-13-14-10(16)8-4-3-7(11)5-12-8/h3-5,13H,2,6H2,1H3,(H,14,16). The molecule has 0 aliphatic rings. The maximum atomic E-state index is 12.5. The Morgan fingerprint density at radius 2 is 2.24 bits per heavy atom. The largest absolute Gasteiger partial charge is 0.465 e. The fourth-order valence-corrected chi connectivity index (χ4v) is 0.983. The Morgan fingerprint density at radius 1 is 1.47 bits per heavy atom. The SMILES string of the molecule is CCOC(=O)CNNC(=O)c1ccc(F)cn1. The third-order valence-electron chi connectivity index (χ3n) is 1.70. The molecule has 2 N–H and O–H groups in total. The monoisotopic (exact) mass is 241 g/mol. The minimum Gasteiger partial charge on any atom is -0.465 e. The molecule has 92 valence electrons.